The smallest absolute Gasteiger partial charge is 0.159 e. The number of aromatic nitrogens is 1. The summed E-state index contributed by atoms with van der Waals surface area (Å²) < 4.78 is 0.942. The molecule has 0 saturated heterocycles. The third kappa shape index (κ3) is 2.36. The molecule has 1 heterocycles. The van der Waals surface area contributed by atoms with Crippen LogP contribution in [-0.2, 0) is 0 Å². The molecule has 0 spiro atoms. The van der Waals surface area contributed by atoms with E-state index in [-0.39, 0.29) is 0 Å². The molecule has 0 saturated carbocycles. The van der Waals surface area contributed by atoms with Gasteiger partial charge < -0.3 is 0 Å². The number of nitrogens with zero attached hydrogens (tertiary/aromatic N) is 1. The van der Waals surface area contributed by atoms with E-state index in [1.165, 1.54) is 16.7 Å². The lowest BCUT2D eigenvalue weighted by Gasteiger charge is -2.09. The molecule has 0 radical (unpaired) electrons. The number of aryl methyl sites for hydroxylation is 1. The van der Waals surface area contributed by atoms with Crippen LogP contribution in [0.4, 0.5) is 0 Å². The highest BCUT2D eigenvalue weighted by atomic mass is 79.9. The highest BCUT2D eigenvalue weighted by Gasteiger charge is 2.08. The Labute approximate surface area is 109 Å². The minimum absolute atomic E-state index is 0.557. The van der Waals surface area contributed by atoms with Crippen molar-refractivity contribution >= 4 is 27.3 Å². The summed E-state index contributed by atoms with van der Waals surface area (Å²) in [4.78, 5) is 4.48. The van der Waals surface area contributed by atoms with Crippen molar-refractivity contribution in [3.8, 4) is 11.3 Å². The van der Waals surface area contributed by atoms with Gasteiger partial charge in [-0.15, -0.1) is 11.3 Å². The summed E-state index contributed by atoms with van der Waals surface area (Å²) in [5.41, 5.74) is 4.96. The van der Waals surface area contributed by atoms with Gasteiger partial charge in [-0.2, -0.15) is 0 Å². The van der Waals surface area contributed by atoms with Gasteiger partial charge in [0.05, 0.1) is 5.69 Å². The van der Waals surface area contributed by atoms with E-state index in [9.17, 15) is 0 Å². The molecule has 3 heteroatoms. The number of rotatable bonds is 2. The Morgan fingerprint density at radius 1 is 1.31 bits per heavy atom. The van der Waals surface area contributed by atoms with Crippen molar-refractivity contribution < 1.29 is 0 Å². The first-order valence-corrected chi connectivity index (χ1v) is 6.97. The van der Waals surface area contributed by atoms with Crippen LogP contribution in [0.3, 0.4) is 0 Å². The quantitative estimate of drug-likeness (QED) is 0.759. The molecule has 0 amide bonds. The minimum Gasteiger partial charge on any atom is -0.229 e. The van der Waals surface area contributed by atoms with Gasteiger partial charge in [0.15, 0.2) is 3.92 Å². The van der Waals surface area contributed by atoms with Gasteiger partial charge in [0.1, 0.15) is 0 Å². The molecule has 84 valence electrons. The van der Waals surface area contributed by atoms with Gasteiger partial charge >= 0.3 is 0 Å². The van der Waals surface area contributed by atoms with E-state index in [1.807, 2.05) is 0 Å². The first-order chi connectivity index (χ1) is 7.58. The van der Waals surface area contributed by atoms with Crippen LogP contribution in [0.1, 0.15) is 30.9 Å². The van der Waals surface area contributed by atoms with Crippen molar-refractivity contribution in [1.29, 1.82) is 0 Å². The van der Waals surface area contributed by atoms with Gasteiger partial charge in [0.2, 0.25) is 0 Å². The van der Waals surface area contributed by atoms with Crippen LogP contribution in [0.15, 0.2) is 27.5 Å². The van der Waals surface area contributed by atoms with Gasteiger partial charge in [-0.05, 0) is 46.0 Å². The second-order valence-corrected chi connectivity index (χ2v) is 6.35. The molecule has 0 aliphatic heterocycles. The summed E-state index contributed by atoms with van der Waals surface area (Å²) >= 11 is 5.04. The Bertz CT molecular complexity index is 502. The van der Waals surface area contributed by atoms with Crippen LogP contribution >= 0.6 is 27.3 Å². The maximum Gasteiger partial charge on any atom is 0.159 e. The molecule has 1 aromatic heterocycles. The first kappa shape index (κ1) is 11.8. The standard InChI is InChI=1S/C13H14BrNS/c1-8(2)10-5-4-9(3)11(6-10)12-7-16-13(14)15-12/h4-8H,1-3H3. The molecular weight excluding hydrogens is 282 g/mol. The lowest BCUT2D eigenvalue weighted by molar-refractivity contribution is 0.866. The highest BCUT2D eigenvalue weighted by Crippen LogP contribution is 2.29. The second-order valence-electron chi connectivity index (χ2n) is 4.21. The van der Waals surface area contributed by atoms with E-state index >= 15 is 0 Å². The molecule has 0 atom stereocenters. The molecule has 0 aliphatic rings. The SMILES string of the molecule is Cc1ccc(C(C)C)cc1-c1csc(Br)n1. The van der Waals surface area contributed by atoms with Crippen molar-refractivity contribution in [2.45, 2.75) is 26.7 Å². The predicted molar refractivity (Wildman–Crippen MR) is 74.1 cm³/mol. The fourth-order valence-corrected chi connectivity index (χ4v) is 2.66. The van der Waals surface area contributed by atoms with Gasteiger partial charge in [-0.3, -0.25) is 0 Å². The monoisotopic (exact) mass is 295 g/mol. The van der Waals surface area contributed by atoms with E-state index in [2.05, 4.69) is 65.3 Å². The minimum atomic E-state index is 0.557. The van der Waals surface area contributed by atoms with E-state index in [4.69, 9.17) is 0 Å². The summed E-state index contributed by atoms with van der Waals surface area (Å²) in [5.74, 6) is 0.557. The predicted octanol–water partition coefficient (Wildman–Crippen LogP) is 5.00. The maximum atomic E-state index is 4.48. The number of thiazole rings is 1. The van der Waals surface area contributed by atoms with Gasteiger partial charge in [-0.25, -0.2) is 4.98 Å². The molecule has 0 N–H and O–H groups in total. The molecular formula is C13H14BrNS. The number of benzene rings is 1. The molecule has 2 aromatic rings. The van der Waals surface area contributed by atoms with E-state index in [1.54, 1.807) is 11.3 Å². The van der Waals surface area contributed by atoms with Crippen molar-refractivity contribution in [3.63, 3.8) is 0 Å². The van der Waals surface area contributed by atoms with Gasteiger partial charge in [0, 0.05) is 10.9 Å². The number of halogens is 1. The zero-order chi connectivity index (χ0) is 11.7. The van der Waals surface area contributed by atoms with Crippen LogP contribution < -0.4 is 0 Å². The maximum absolute atomic E-state index is 4.48. The third-order valence-electron chi connectivity index (χ3n) is 2.68. The lowest BCUT2D eigenvalue weighted by atomic mass is 9.97. The summed E-state index contributed by atoms with van der Waals surface area (Å²) in [6, 6.07) is 6.63. The summed E-state index contributed by atoms with van der Waals surface area (Å²) in [6.45, 7) is 6.56. The van der Waals surface area contributed by atoms with Gasteiger partial charge in [-0.1, -0.05) is 26.0 Å². The fourth-order valence-electron chi connectivity index (χ4n) is 1.65. The molecule has 16 heavy (non-hydrogen) atoms. The van der Waals surface area contributed by atoms with Crippen molar-refractivity contribution in [2.75, 3.05) is 0 Å². The van der Waals surface area contributed by atoms with E-state index in [0.717, 1.165) is 9.61 Å². The molecule has 0 fully saturated rings. The van der Waals surface area contributed by atoms with Crippen LogP contribution in [0.25, 0.3) is 11.3 Å². The van der Waals surface area contributed by atoms with Crippen LogP contribution in [-0.4, -0.2) is 4.98 Å². The molecule has 0 unspecified atom stereocenters. The first-order valence-electron chi connectivity index (χ1n) is 5.30. The average Bonchev–Trinajstić information content (AvgIpc) is 2.65. The lowest BCUT2D eigenvalue weighted by Crippen LogP contribution is -1.90. The summed E-state index contributed by atoms with van der Waals surface area (Å²) in [5, 5.41) is 2.09. The average molecular weight is 296 g/mol. The molecule has 0 aliphatic carbocycles. The largest absolute Gasteiger partial charge is 0.229 e. The molecule has 2 rings (SSSR count). The Hall–Kier alpha value is -0.670. The number of hydrogen-bond acceptors (Lipinski definition) is 2. The third-order valence-corrected chi connectivity index (χ3v) is 4.05. The topological polar surface area (TPSA) is 12.9 Å². The molecule has 0 bridgehead atoms. The van der Waals surface area contributed by atoms with Crippen LogP contribution in [0.2, 0.25) is 0 Å². The Morgan fingerprint density at radius 2 is 2.06 bits per heavy atom. The zero-order valence-corrected chi connectivity index (χ0v) is 12.0. The Balaban J connectivity index is 2.51. The van der Waals surface area contributed by atoms with Gasteiger partial charge in [0.25, 0.3) is 0 Å². The van der Waals surface area contributed by atoms with Crippen LogP contribution in [0, 0.1) is 6.92 Å². The Kier molecular flexibility index (Phi) is 3.45. The van der Waals surface area contributed by atoms with Crippen molar-refractivity contribution in [2.24, 2.45) is 0 Å². The van der Waals surface area contributed by atoms with E-state index in [0.29, 0.717) is 5.92 Å². The van der Waals surface area contributed by atoms with E-state index < -0.39 is 0 Å². The number of hydrogen-bond donors (Lipinski definition) is 0. The summed E-state index contributed by atoms with van der Waals surface area (Å²) in [6.07, 6.45) is 0. The fraction of sp³-hybridized carbons (Fsp3) is 0.308. The van der Waals surface area contributed by atoms with Crippen molar-refractivity contribution in [1.82, 2.24) is 4.98 Å². The zero-order valence-electron chi connectivity index (χ0n) is 9.62. The Morgan fingerprint density at radius 3 is 2.62 bits per heavy atom. The normalized spacial score (nSPS) is 11.1. The highest BCUT2D eigenvalue weighted by molar-refractivity contribution is 9.11. The molecule has 1 aromatic carbocycles. The summed E-state index contributed by atoms with van der Waals surface area (Å²) in [7, 11) is 0. The van der Waals surface area contributed by atoms with Crippen LogP contribution in [0.5, 0.6) is 0 Å². The van der Waals surface area contributed by atoms with Crippen molar-refractivity contribution in [3.05, 3.63) is 38.6 Å². The second kappa shape index (κ2) is 4.68. The molecule has 1 nitrogen and oxygen atoms in total.